The van der Waals surface area contributed by atoms with Crippen molar-refractivity contribution >= 4 is 23.4 Å². The summed E-state index contributed by atoms with van der Waals surface area (Å²) in [7, 11) is 0. The topological polar surface area (TPSA) is 71.9 Å². The van der Waals surface area contributed by atoms with Crippen LogP contribution >= 0.6 is 23.4 Å². The summed E-state index contributed by atoms with van der Waals surface area (Å²) in [6.45, 7) is 1.94. The molecule has 98 valence electrons. The molecular formula is C12H10ClN3O2S. The highest BCUT2D eigenvalue weighted by molar-refractivity contribution is 7.99. The SMILES string of the molecule is CC(C#N)Sc1nnc(COc2ccc(Cl)cc2)o1. The van der Waals surface area contributed by atoms with E-state index in [4.69, 9.17) is 26.0 Å². The van der Waals surface area contributed by atoms with E-state index in [1.165, 1.54) is 11.8 Å². The Morgan fingerprint density at radius 2 is 2.16 bits per heavy atom. The van der Waals surface area contributed by atoms with E-state index in [0.29, 0.717) is 21.9 Å². The van der Waals surface area contributed by atoms with Gasteiger partial charge in [0.1, 0.15) is 5.75 Å². The smallest absolute Gasteiger partial charge is 0.277 e. The molecule has 0 radical (unpaired) electrons. The van der Waals surface area contributed by atoms with Gasteiger partial charge < -0.3 is 9.15 Å². The maximum Gasteiger partial charge on any atom is 0.277 e. The molecule has 5 nitrogen and oxygen atoms in total. The number of nitrogens with zero attached hydrogens (tertiary/aromatic N) is 3. The predicted molar refractivity (Wildman–Crippen MR) is 71.0 cm³/mol. The van der Waals surface area contributed by atoms with Crippen molar-refractivity contribution in [1.29, 1.82) is 5.26 Å². The molecule has 1 atom stereocenters. The van der Waals surface area contributed by atoms with Crippen LogP contribution in [0.2, 0.25) is 5.02 Å². The lowest BCUT2D eigenvalue weighted by atomic mass is 10.3. The van der Waals surface area contributed by atoms with Crippen LogP contribution < -0.4 is 4.74 Å². The Morgan fingerprint density at radius 3 is 2.84 bits per heavy atom. The normalized spacial score (nSPS) is 11.8. The van der Waals surface area contributed by atoms with E-state index in [9.17, 15) is 0 Å². The summed E-state index contributed by atoms with van der Waals surface area (Å²) in [5.41, 5.74) is 0. The van der Waals surface area contributed by atoms with Gasteiger partial charge in [-0.3, -0.25) is 0 Å². The van der Waals surface area contributed by atoms with Crippen LogP contribution in [-0.4, -0.2) is 15.4 Å². The van der Waals surface area contributed by atoms with Gasteiger partial charge in [0, 0.05) is 5.02 Å². The highest BCUT2D eigenvalue weighted by Crippen LogP contribution is 2.22. The van der Waals surface area contributed by atoms with Crippen molar-refractivity contribution in [3.05, 3.63) is 35.2 Å². The lowest BCUT2D eigenvalue weighted by molar-refractivity contribution is 0.252. The lowest BCUT2D eigenvalue weighted by Gasteiger charge is -2.02. The van der Waals surface area contributed by atoms with E-state index in [1.54, 1.807) is 31.2 Å². The zero-order valence-corrected chi connectivity index (χ0v) is 11.6. The summed E-state index contributed by atoms with van der Waals surface area (Å²) < 4.78 is 10.8. The average Bonchev–Trinajstić information content (AvgIpc) is 2.85. The summed E-state index contributed by atoms with van der Waals surface area (Å²) >= 11 is 6.98. The molecule has 0 bridgehead atoms. The zero-order chi connectivity index (χ0) is 13.7. The molecule has 0 amide bonds. The van der Waals surface area contributed by atoms with Gasteiger partial charge in [0.15, 0.2) is 6.61 Å². The molecule has 7 heteroatoms. The second kappa shape index (κ2) is 6.45. The van der Waals surface area contributed by atoms with Crippen LogP contribution in [0.5, 0.6) is 5.75 Å². The number of rotatable bonds is 5. The monoisotopic (exact) mass is 295 g/mol. The molecule has 0 saturated carbocycles. The first-order valence-corrected chi connectivity index (χ1v) is 6.70. The largest absolute Gasteiger partial charge is 0.484 e. The molecular weight excluding hydrogens is 286 g/mol. The minimum absolute atomic E-state index is 0.177. The first-order valence-electron chi connectivity index (χ1n) is 5.44. The van der Waals surface area contributed by atoms with Gasteiger partial charge in [0.25, 0.3) is 11.1 Å². The molecule has 0 N–H and O–H groups in total. The Labute approximate surface area is 119 Å². The molecule has 0 saturated heterocycles. The van der Waals surface area contributed by atoms with Crippen molar-refractivity contribution in [3.63, 3.8) is 0 Å². The van der Waals surface area contributed by atoms with Gasteiger partial charge in [0.2, 0.25) is 0 Å². The van der Waals surface area contributed by atoms with Gasteiger partial charge in [-0.05, 0) is 43.0 Å². The van der Waals surface area contributed by atoms with Gasteiger partial charge in [-0.15, -0.1) is 10.2 Å². The summed E-state index contributed by atoms with van der Waals surface area (Å²) in [4.78, 5) is 0. The van der Waals surface area contributed by atoms with E-state index in [1.807, 2.05) is 0 Å². The summed E-state index contributed by atoms with van der Waals surface area (Å²) in [5, 5.41) is 17.1. The molecule has 1 aromatic carbocycles. The van der Waals surface area contributed by atoms with Crippen LogP contribution in [0.4, 0.5) is 0 Å². The van der Waals surface area contributed by atoms with Crippen LogP contribution in [0, 0.1) is 11.3 Å². The van der Waals surface area contributed by atoms with Crippen LogP contribution in [0.1, 0.15) is 12.8 Å². The Kier molecular flexibility index (Phi) is 4.66. The Bertz CT molecular complexity index is 579. The lowest BCUT2D eigenvalue weighted by Crippen LogP contribution is -1.95. The molecule has 19 heavy (non-hydrogen) atoms. The molecule has 1 aromatic heterocycles. The summed E-state index contributed by atoms with van der Waals surface area (Å²) in [6.07, 6.45) is 0. The van der Waals surface area contributed by atoms with Crippen molar-refractivity contribution in [2.45, 2.75) is 24.0 Å². The maximum atomic E-state index is 8.68. The van der Waals surface area contributed by atoms with E-state index < -0.39 is 0 Å². The molecule has 2 rings (SSSR count). The Balaban J connectivity index is 1.90. The minimum atomic E-state index is -0.231. The molecule has 0 aliphatic carbocycles. The Hall–Kier alpha value is -1.71. The molecule has 0 spiro atoms. The number of halogens is 1. The van der Waals surface area contributed by atoms with E-state index in [-0.39, 0.29) is 11.9 Å². The van der Waals surface area contributed by atoms with Gasteiger partial charge >= 0.3 is 0 Å². The quantitative estimate of drug-likeness (QED) is 0.788. The molecule has 0 fully saturated rings. The highest BCUT2D eigenvalue weighted by atomic mass is 35.5. The third-order valence-corrected chi connectivity index (χ3v) is 3.16. The maximum absolute atomic E-state index is 8.68. The second-order valence-corrected chi connectivity index (χ2v) is 5.32. The predicted octanol–water partition coefficient (Wildman–Crippen LogP) is 3.31. The number of hydrogen-bond donors (Lipinski definition) is 0. The minimum Gasteiger partial charge on any atom is -0.484 e. The van der Waals surface area contributed by atoms with Crippen LogP contribution in [0.25, 0.3) is 0 Å². The van der Waals surface area contributed by atoms with E-state index in [0.717, 1.165) is 0 Å². The van der Waals surface area contributed by atoms with Gasteiger partial charge in [0.05, 0.1) is 11.3 Å². The number of hydrogen-bond acceptors (Lipinski definition) is 6. The fourth-order valence-electron chi connectivity index (χ4n) is 1.20. The van der Waals surface area contributed by atoms with Crippen LogP contribution in [0.3, 0.4) is 0 Å². The summed E-state index contributed by atoms with van der Waals surface area (Å²) in [5.74, 6) is 1.03. The third kappa shape index (κ3) is 4.16. The number of nitriles is 1. The molecule has 1 unspecified atom stereocenters. The van der Waals surface area contributed by atoms with Crippen LogP contribution in [0.15, 0.2) is 33.9 Å². The highest BCUT2D eigenvalue weighted by Gasteiger charge is 2.11. The first kappa shape index (κ1) is 13.7. The molecule has 1 heterocycles. The third-order valence-electron chi connectivity index (χ3n) is 2.08. The van der Waals surface area contributed by atoms with Crippen molar-refractivity contribution in [3.8, 4) is 11.8 Å². The first-order chi connectivity index (χ1) is 9.17. The van der Waals surface area contributed by atoms with Crippen molar-refractivity contribution < 1.29 is 9.15 Å². The molecule has 2 aromatic rings. The van der Waals surface area contributed by atoms with Gasteiger partial charge in [-0.2, -0.15) is 5.26 Å². The molecule has 0 aliphatic rings. The second-order valence-electron chi connectivity index (χ2n) is 3.59. The van der Waals surface area contributed by atoms with Crippen molar-refractivity contribution in [2.75, 3.05) is 0 Å². The van der Waals surface area contributed by atoms with Crippen molar-refractivity contribution in [2.24, 2.45) is 0 Å². The van der Waals surface area contributed by atoms with Crippen molar-refractivity contribution in [1.82, 2.24) is 10.2 Å². The molecule has 0 aliphatic heterocycles. The van der Waals surface area contributed by atoms with Crippen LogP contribution in [-0.2, 0) is 6.61 Å². The number of thioether (sulfide) groups is 1. The van der Waals surface area contributed by atoms with Gasteiger partial charge in [-0.25, -0.2) is 0 Å². The number of benzene rings is 1. The number of ether oxygens (including phenoxy) is 1. The zero-order valence-electron chi connectivity index (χ0n) is 10.0. The number of aromatic nitrogens is 2. The fourth-order valence-corrected chi connectivity index (χ4v) is 1.91. The standard InChI is InChI=1S/C12H10ClN3O2S/c1-8(6-14)19-12-16-15-11(18-12)7-17-10-4-2-9(13)3-5-10/h2-5,8H,7H2,1H3. The van der Waals surface area contributed by atoms with E-state index >= 15 is 0 Å². The fraction of sp³-hybridized carbons (Fsp3) is 0.250. The Morgan fingerprint density at radius 1 is 1.42 bits per heavy atom. The summed E-state index contributed by atoms with van der Waals surface area (Å²) in [6, 6.07) is 9.06. The average molecular weight is 296 g/mol. The van der Waals surface area contributed by atoms with E-state index in [2.05, 4.69) is 16.3 Å². The van der Waals surface area contributed by atoms with Gasteiger partial charge in [-0.1, -0.05) is 11.6 Å².